The van der Waals surface area contributed by atoms with Crippen molar-refractivity contribution in [2.24, 2.45) is 5.92 Å². The van der Waals surface area contributed by atoms with Crippen molar-refractivity contribution in [1.82, 2.24) is 0 Å². The van der Waals surface area contributed by atoms with Crippen molar-refractivity contribution in [2.45, 2.75) is 6.42 Å². The molecule has 0 saturated heterocycles. The van der Waals surface area contributed by atoms with Crippen molar-refractivity contribution < 1.29 is 4.79 Å². The first kappa shape index (κ1) is 13.8. The van der Waals surface area contributed by atoms with E-state index in [9.17, 15) is 4.79 Å². The van der Waals surface area contributed by atoms with Crippen molar-refractivity contribution in [3.05, 3.63) is 88.2 Å². The van der Waals surface area contributed by atoms with Gasteiger partial charge in [-0.05, 0) is 29.0 Å². The molecule has 0 spiro atoms. The van der Waals surface area contributed by atoms with Crippen LogP contribution in [0.4, 0.5) is 0 Å². The summed E-state index contributed by atoms with van der Waals surface area (Å²) in [5, 5.41) is 3.87. The summed E-state index contributed by atoms with van der Waals surface area (Å²) >= 11 is 1.57. The molecule has 0 radical (unpaired) electrons. The number of benzene rings is 1. The third-order valence-electron chi connectivity index (χ3n) is 3.54. The highest BCUT2D eigenvalue weighted by atomic mass is 32.1. The lowest BCUT2D eigenvalue weighted by molar-refractivity contribution is 0.0946. The lowest BCUT2D eigenvalue weighted by Crippen LogP contribution is -2.12. The van der Waals surface area contributed by atoms with Crippen molar-refractivity contribution in [3.63, 3.8) is 0 Å². The van der Waals surface area contributed by atoms with Gasteiger partial charge in [-0.2, -0.15) is 11.3 Å². The van der Waals surface area contributed by atoms with Gasteiger partial charge in [-0.1, -0.05) is 60.7 Å². The van der Waals surface area contributed by atoms with Crippen molar-refractivity contribution in [2.75, 3.05) is 0 Å². The minimum atomic E-state index is -0.0199. The molecule has 1 nitrogen and oxygen atoms in total. The van der Waals surface area contributed by atoms with Crippen molar-refractivity contribution in [1.29, 1.82) is 0 Å². The van der Waals surface area contributed by atoms with Crippen LogP contribution in [0.1, 0.15) is 22.3 Å². The summed E-state index contributed by atoms with van der Waals surface area (Å²) in [4.78, 5) is 12.3. The van der Waals surface area contributed by atoms with Crippen molar-refractivity contribution in [3.8, 4) is 0 Å². The molecule has 3 rings (SSSR count). The Morgan fingerprint density at radius 1 is 1.14 bits per heavy atom. The zero-order valence-corrected chi connectivity index (χ0v) is 12.4. The highest BCUT2D eigenvalue weighted by Gasteiger charge is 2.18. The van der Waals surface area contributed by atoms with E-state index in [1.54, 1.807) is 11.3 Å². The molecular weight excluding hydrogens is 276 g/mol. The Hall–Kier alpha value is -2.19. The molecule has 2 heteroatoms. The summed E-state index contributed by atoms with van der Waals surface area (Å²) in [6, 6.07) is 12.1. The second-order valence-corrected chi connectivity index (χ2v) is 5.81. The second kappa shape index (κ2) is 6.51. The fourth-order valence-electron chi connectivity index (χ4n) is 2.33. The zero-order chi connectivity index (χ0) is 14.5. The van der Waals surface area contributed by atoms with Gasteiger partial charge in [-0.15, -0.1) is 0 Å². The van der Waals surface area contributed by atoms with E-state index in [-0.39, 0.29) is 11.7 Å². The summed E-state index contributed by atoms with van der Waals surface area (Å²) in [7, 11) is 0. The lowest BCUT2D eigenvalue weighted by atomic mass is 9.90. The number of carbonyl (C=O) groups excluding carboxylic acids is 1. The minimum absolute atomic E-state index is 0.0199. The smallest absolute Gasteiger partial charge is 0.170 e. The van der Waals surface area contributed by atoms with Crippen LogP contribution in [0.25, 0.3) is 6.08 Å². The van der Waals surface area contributed by atoms with E-state index in [4.69, 9.17) is 0 Å². The summed E-state index contributed by atoms with van der Waals surface area (Å²) in [6.45, 7) is 0. The fourth-order valence-corrected chi connectivity index (χ4v) is 2.98. The number of allylic oxidation sites excluding steroid dienone is 5. The molecule has 1 heterocycles. The molecule has 0 aliphatic heterocycles. The Kier molecular flexibility index (Phi) is 4.27. The van der Waals surface area contributed by atoms with Gasteiger partial charge in [-0.25, -0.2) is 0 Å². The van der Waals surface area contributed by atoms with Gasteiger partial charge in [0.15, 0.2) is 5.78 Å². The number of carbonyl (C=O) groups is 1. The van der Waals surface area contributed by atoms with E-state index >= 15 is 0 Å². The Bertz CT molecular complexity index is 690. The molecule has 1 aliphatic rings. The highest BCUT2D eigenvalue weighted by molar-refractivity contribution is 7.08. The third-order valence-corrected chi connectivity index (χ3v) is 4.22. The molecule has 0 N–H and O–H groups in total. The maximum absolute atomic E-state index is 12.3. The Morgan fingerprint density at radius 3 is 2.67 bits per heavy atom. The molecule has 1 aromatic heterocycles. The molecule has 1 unspecified atom stereocenters. The number of ketones is 1. The van der Waals surface area contributed by atoms with Crippen LogP contribution in [0.2, 0.25) is 0 Å². The fraction of sp³-hybridized carbons (Fsp3) is 0.105. The van der Waals surface area contributed by atoms with Gasteiger partial charge in [0.1, 0.15) is 0 Å². The zero-order valence-electron chi connectivity index (χ0n) is 11.6. The van der Waals surface area contributed by atoms with Gasteiger partial charge in [-0.3, -0.25) is 4.79 Å². The first-order valence-corrected chi connectivity index (χ1v) is 7.95. The van der Waals surface area contributed by atoms with Gasteiger partial charge in [0.05, 0.1) is 0 Å². The van der Waals surface area contributed by atoms with Crippen LogP contribution in [-0.2, 0) is 0 Å². The predicted octanol–water partition coefficient (Wildman–Crippen LogP) is 5.15. The van der Waals surface area contributed by atoms with E-state index in [2.05, 4.69) is 30.4 Å². The van der Waals surface area contributed by atoms with Crippen LogP contribution in [0, 0.1) is 5.92 Å². The number of hydrogen-bond acceptors (Lipinski definition) is 2. The molecular formula is C19H16OS. The second-order valence-electron chi connectivity index (χ2n) is 5.03. The summed E-state index contributed by atoms with van der Waals surface area (Å²) < 4.78 is 0. The number of Topliss-reactive ketones (excluding diaryl/α,β-unsaturated/α-hetero) is 1. The van der Waals surface area contributed by atoms with Crippen LogP contribution in [0.15, 0.2) is 77.0 Å². The van der Waals surface area contributed by atoms with E-state index in [0.717, 1.165) is 17.6 Å². The van der Waals surface area contributed by atoms with Crippen LogP contribution in [0.3, 0.4) is 0 Å². The van der Waals surface area contributed by atoms with E-state index in [1.807, 2.05) is 47.2 Å². The number of hydrogen-bond donors (Lipinski definition) is 0. The first-order chi connectivity index (χ1) is 10.3. The maximum atomic E-state index is 12.3. The van der Waals surface area contributed by atoms with E-state index in [1.165, 1.54) is 5.56 Å². The molecule has 1 aromatic carbocycles. The molecule has 1 aliphatic carbocycles. The quantitative estimate of drug-likeness (QED) is 0.712. The summed E-state index contributed by atoms with van der Waals surface area (Å²) in [5.74, 6) is 0.198. The minimum Gasteiger partial charge on any atom is -0.293 e. The standard InChI is InChI=1S/C19H16OS/c20-19(18-12-13-21-14-18)17-10-8-16(9-11-17)7-6-15-4-2-1-3-5-15/h1-10,12-14,17H,11H2. The Morgan fingerprint density at radius 2 is 2.00 bits per heavy atom. The van der Waals surface area contributed by atoms with Gasteiger partial charge in [0.25, 0.3) is 0 Å². The average Bonchev–Trinajstić information content (AvgIpc) is 3.08. The summed E-state index contributed by atoms with van der Waals surface area (Å²) in [6.07, 6.45) is 11.2. The van der Waals surface area contributed by atoms with Gasteiger partial charge < -0.3 is 0 Å². The Balaban J connectivity index is 1.64. The normalized spacial score (nSPS) is 17.9. The third kappa shape index (κ3) is 3.47. The van der Waals surface area contributed by atoms with Gasteiger partial charge in [0, 0.05) is 16.9 Å². The lowest BCUT2D eigenvalue weighted by Gasteiger charge is -2.13. The largest absolute Gasteiger partial charge is 0.293 e. The van der Waals surface area contributed by atoms with Gasteiger partial charge >= 0.3 is 0 Å². The van der Waals surface area contributed by atoms with Crippen molar-refractivity contribution >= 4 is 23.2 Å². The molecule has 0 fully saturated rings. The maximum Gasteiger partial charge on any atom is 0.170 e. The van der Waals surface area contributed by atoms with E-state index in [0.29, 0.717) is 0 Å². The number of thiophene rings is 1. The van der Waals surface area contributed by atoms with Crippen LogP contribution in [0.5, 0.6) is 0 Å². The van der Waals surface area contributed by atoms with E-state index < -0.39 is 0 Å². The molecule has 0 bridgehead atoms. The molecule has 104 valence electrons. The topological polar surface area (TPSA) is 17.1 Å². The number of rotatable bonds is 4. The summed E-state index contributed by atoms with van der Waals surface area (Å²) in [5.41, 5.74) is 3.17. The first-order valence-electron chi connectivity index (χ1n) is 7.01. The van der Waals surface area contributed by atoms with Crippen LogP contribution >= 0.6 is 11.3 Å². The van der Waals surface area contributed by atoms with Crippen LogP contribution in [-0.4, -0.2) is 5.78 Å². The SMILES string of the molecule is O=C(c1ccsc1)C1C=CC(C=Cc2ccccc2)=CC1. The van der Waals surface area contributed by atoms with Gasteiger partial charge in [0.2, 0.25) is 0 Å². The molecule has 21 heavy (non-hydrogen) atoms. The highest BCUT2D eigenvalue weighted by Crippen LogP contribution is 2.22. The predicted molar refractivity (Wildman–Crippen MR) is 89.5 cm³/mol. The molecule has 1 atom stereocenters. The Labute approximate surface area is 129 Å². The molecule has 0 saturated carbocycles. The molecule has 0 amide bonds. The van der Waals surface area contributed by atoms with Crippen LogP contribution < -0.4 is 0 Å². The monoisotopic (exact) mass is 292 g/mol. The average molecular weight is 292 g/mol. The molecule has 2 aromatic rings.